The van der Waals surface area contributed by atoms with Crippen LogP contribution in [0.25, 0.3) is 0 Å². The maximum absolute atomic E-state index is 11.8. The first-order valence-electron chi connectivity index (χ1n) is 6.08. The first kappa shape index (κ1) is 12.5. The number of rotatable bonds is 5. The van der Waals surface area contributed by atoms with E-state index >= 15 is 0 Å². The molecule has 1 saturated carbocycles. The van der Waals surface area contributed by atoms with Gasteiger partial charge in [-0.05, 0) is 25.2 Å². The van der Waals surface area contributed by atoms with E-state index in [-0.39, 0.29) is 5.91 Å². The van der Waals surface area contributed by atoms with Gasteiger partial charge in [-0.15, -0.1) is 11.3 Å². The summed E-state index contributed by atoms with van der Waals surface area (Å²) in [4.78, 5) is 16.2. The summed E-state index contributed by atoms with van der Waals surface area (Å²) in [7, 11) is 0. The summed E-state index contributed by atoms with van der Waals surface area (Å²) in [6, 6.07) is -0.441. The van der Waals surface area contributed by atoms with E-state index in [1.165, 1.54) is 24.2 Å². The molecule has 4 nitrogen and oxygen atoms in total. The van der Waals surface area contributed by atoms with Gasteiger partial charge in [-0.3, -0.25) is 4.79 Å². The first-order valence-corrected chi connectivity index (χ1v) is 6.96. The van der Waals surface area contributed by atoms with Crippen molar-refractivity contribution < 1.29 is 4.79 Å². The minimum absolute atomic E-state index is 0.129. The van der Waals surface area contributed by atoms with Crippen LogP contribution in [0.1, 0.15) is 44.7 Å². The van der Waals surface area contributed by atoms with Crippen molar-refractivity contribution in [3.8, 4) is 0 Å². The predicted molar refractivity (Wildman–Crippen MR) is 70.1 cm³/mol. The molecular formula is C12H19N3OS. The molecule has 1 aromatic heterocycles. The first-order chi connectivity index (χ1) is 8.06. The molecule has 94 valence electrons. The van der Waals surface area contributed by atoms with E-state index < -0.39 is 6.04 Å². The molecule has 0 saturated heterocycles. The zero-order valence-electron chi connectivity index (χ0n) is 10.3. The number of anilines is 1. The second-order valence-electron chi connectivity index (χ2n) is 5.08. The van der Waals surface area contributed by atoms with Crippen LogP contribution in [0.5, 0.6) is 0 Å². The van der Waals surface area contributed by atoms with Crippen LogP contribution in [0.15, 0.2) is 5.38 Å². The van der Waals surface area contributed by atoms with Gasteiger partial charge >= 0.3 is 0 Å². The summed E-state index contributed by atoms with van der Waals surface area (Å²) in [6.45, 7) is 4.11. The van der Waals surface area contributed by atoms with Crippen LogP contribution in [-0.2, 0) is 4.79 Å². The molecule has 3 N–H and O–H groups in total. The molecule has 0 aromatic carbocycles. The highest BCUT2D eigenvalue weighted by Gasteiger charge is 2.26. The summed E-state index contributed by atoms with van der Waals surface area (Å²) in [5.74, 6) is 0.922. The molecule has 0 bridgehead atoms. The molecule has 1 aliphatic carbocycles. The van der Waals surface area contributed by atoms with Gasteiger partial charge in [-0.1, -0.05) is 13.8 Å². The maximum atomic E-state index is 11.8. The van der Waals surface area contributed by atoms with Gasteiger partial charge < -0.3 is 11.1 Å². The van der Waals surface area contributed by atoms with Gasteiger partial charge in [-0.2, -0.15) is 0 Å². The average molecular weight is 253 g/mol. The van der Waals surface area contributed by atoms with Crippen molar-refractivity contribution in [1.29, 1.82) is 0 Å². The fraction of sp³-hybridized carbons (Fsp3) is 0.667. The van der Waals surface area contributed by atoms with E-state index in [1.807, 2.05) is 5.38 Å². The Morgan fingerprint density at radius 2 is 2.35 bits per heavy atom. The molecule has 1 fully saturated rings. The lowest BCUT2D eigenvalue weighted by molar-refractivity contribution is -0.117. The van der Waals surface area contributed by atoms with Crippen LogP contribution in [0, 0.1) is 5.92 Å². The van der Waals surface area contributed by atoms with Crippen molar-refractivity contribution in [2.45, 2.75) is 45.1 Å². The molecule has 1 aliphatic rings. The van der Waals surface area contributed by atoms with Gasteiger partial charge in [0.05, 0.1) is 11.7 Å². The van der Waals surface area contributed by atoms with Crippen LogP contribution in [-0.4, -0.2) is 16.9 Å². The lowest BCUT2D eigenvalue weighted by Gasteiger charge is -2.12. The van der Waals surface area contributed by atoms with Gasteiger partial charge in [0.25, 0.3) is 0 Å². The van der Waals surface area contributed by atoms with Crippen LogP contribution in [0.3, 0.4) is 0 Å². The zero-order valence-corrected chi connectivity index (χ0v) is 11.1. The van der Waals surface area contributed by atoms with Gasteiger partial charge in [0.1, 0.15) is 0 Å². The third-order valence-corrected chi connectivity index (χ3v) is 3.59. The molecule has 5 heteroatoms. The van der Waals surface area contributed by atoms with Crippen molar-refractivity contribution >= 4 is 22.4 Å². The molecule has 1 heterocycles. The Hall–Kier alpha value is -0.940. The largest absolute Gasteiger partial charge is 0.320 e. The van der Waals surface area contributed by atoms with E-state index in [4.69, 9.17) is 5.73 Å². The number of carbonyl (C=O) groups excluding carboxylic acids is 1. The fourth-order valence-corrected chi connectivity index (χ4v) is 2.52. The Kier molecular flexibility index (Phi) is 3.79. The highest BCUT2D eigenvalue weighted by atomic mass is 32.1. The Morgan fingerprint density at radius 1 is 1.65 bits per heavy atom. The van der Waals surface area contributed by atoms with Crippen molar-refractivity contribution in [2.24, 2.45) is 11.7 Å². The SMILES string of the molecule is CC(C)C[C@H](N)C(=O)Nc1nc(C2CC2)cs1. The molecule has 17 heavy (non-hydrogen) atoms. The lowest BCUT2D eigenvalue weighted by Crippen LogP contribution is -2.36. The second kappa shape index (κ2) is 5.14. The summed E-state index contributed by atoms with van der Waals surface area (Å²) in [5, 5.41) is 5.50. The number of nitrogens with two attached hydrogens (primary N) is 1. The van der Waals surface area contributed by atoms with Crippen LogP contribution < -0.4 is 11.1 Å². The normalized spacial score (nSPS) is 17.2. The molecule has 1 aromatic rings. The molecule has 0 unspecified atom stereocenters. The molecule has 1 atom stereocenters. The third-order valence-electron chi connectivity index (χ3n) is 2.81. The molecule has 2 rings (SSSR count). The van der Waals surface area contributed by atoms with E-state index in [1.54, 1.807) is 0 Å². The summed E-state index contributed by atoms with van der Waals surface area (Å²) < 4.78 is 0. The van der Waals surface area contributed by atoms with Gasteiger partial charge in [0, 0.05) is 11.3 Å². The number of hydrogen-bond donors (Lipinski definition) is 2. The number of aromatic nitrogens is 1. The third kappa shape index (κ3) is 3.51. The van der Waals surface area contributed by atoms with Gasteiger partial charge in [0.2, 0.25) is 5.91 Å². The lowest BCUT2D eigenvalue weighted by atomic mass is 10.0. The summed E-state index contributed by atoms with van der Waals surface area (Å²) in [5.41, 5.74) is 6.92. The Balaban J connectivity index is 1.88. The minimum Gasteiger partial charge on any atom is -0.320 e. The van der Waals surface area contributed by atoms with Gasteiger partial charge in [-0.25, -0.2) is 4.98 Å². The molecule has 1 amide bonds. The maximum Gasteiger partial charge on any atom is 0.243 e. The van der Waals surface area contributed by atoms with Crippen LogP contribution in [0.4, 0.5) is 5.13 Å². The topological polar surface area (TPSA) is 68.0 Å². The van der Waals surface area contributed by atoms with E-state index in [2.05, 4.69) is 24.1 Å². The van der Waals surface area contributed by atoms with Crippen LogP contribution >= 0.6 is 11.3 Å². The molecular weight excluding hydrogens is 234 g/mol. The summed E-state index contributed by atoms with van der Waals surface area (Å²) in [6.07, 6.45) is 3.15. The monoisotopic (exact) mass is 253 g/mol. The number of nitrogens with zero attached hydrogens (tertiary/aromatic N) is 1. The predicted octanol–water partition coefficient (Wildman–Crippen LogP) is 2.33. The van der Waals surface area contributed by atoms with Crippen molar-refractivity contribution in [3.63, 3.8) is 0 Å². The standard InChI is InChI=1S/C12H19N3OS/c1-7(2)5-9(13)11(16)15-12-14-10(6-17-12)8-3-4-8/h6-9H,3-5,13H2,1-2H3,(H,14,15,16)/t9-/m0/s1. The highest BCUT2D eigenvalue weighted by Crippen LogP contribution is 2.40. The number of thiazole rings is 1. The highest BCUT2D eigenvalue weighted by molar-refractivity contribution is 7.13. The Morgan fingerprint density at radius 3 is 2.94 bits per heavy atom. The van der Waals surface area contributed by atoms with Crippen molar-refractivity contribution in [3.05, 3.63) is 11.1 Å². The van der Waals surface area contributed by atoms with Crippen molar-refractivity contribution in [2.75, 3.05) is 5.32 Å². The summed E-state index contributed by atoms with van der Waals surface area (Å²) >= 11 is 1.48. The van der Waals surface area contributed by atoms with E-state index in [0.29, 0.717) is 23.4 Å². The van der Waals surface area contributed by atoms with E-state index in [0.717, 1.165) is 5.69 Å². The van der Waals surface area contributed by atoms with Gasteiger partial charge in [0.15, 0.2) is 5.13 Å². The fourth-order valence-electron chi connectivity index (χ4n) is 1.72. The smallest absolute Gasteiger partial charge is 0.243 e. The number of amides is 1. The van der Waals surface area contributed by atoms with Crippen molar-refractivity contribution in [1.82, 2.24) is 4.98 Å². The Bertz CT molecular complexity index is 398. The average Bonchev–Trinajstić information content (AvgIpc) is 2.99. The zero-order chi connectivity index (χ0) is 12.4. The molecule has 0 radical (unpaired) electrons. The minimum atomic E-state index is -0.441. The number of nitrogens with one attached hydrogen (secondary N) is 1. The number of carbonyl (C=O) groups is 1. The quantitative estimate of drug-likeness (QED) is 0.846. The van der Waals surface area contributed by atoms with Crippen LogP contribution in [0.2, 0.25) is 0 Å². The molecule has 0 aliphatic heterocycles. The number of hydrogen-bond acceptors (Lipinski definition) is 4. The second-order valence-corrected chi connectivity index (χ2v) is 5.94. The molecule has 0 spiro atoms. The van der Waals surface area contributed by atoms with E-state index in [9.17, 15) is 4.79 Å². The Labute approximate surface area is 106 Å².